The molecule has 3 heterocycles. The van der Waals surface area contributed by atoms with Crippen LogP contribution < -0.4 is 10.1 Å². The molecule has 0 spiro atoms. The van der Waals surface area contributed by atoms with Crippen molar-refractivity contribution >= 4 is 34.1 Å². The topological polar surface area (TPSA) is 122 Å². The Labute approximate surface area is 231 Å². The second-order valence-electron chi connectivity index (χ2n) is 9.86. The molecule has 2 aliphatic rings. The third-order valence-electron chi connectivity index (χ3n) is 6.69. The molecular formula is C28H35N7O3S. The highest BCUT2D eigenvalue weighted by Gasteiger charge is 2.37. The predicted molar refractivity (Wildman–Crippen MR) is 153 cm³/mol. The lowest BCUT2D eigenvalue weighted by molar-refractivity contribution is -0.122. The van der Waals surface area contributed by atoms with Crippen molar-refractivity contribution in [2.75, 3.05) is 13.4 Å². The van der Waals surface area contributed by atoms with Crippen molar-refractivity contribution in [3.8, 4) is 5.88 Å². The molecule has 1 aliphatic heterocycles. The van der Waals surface area contributed by atoms with E-state index in [4.69, 9.17) is 9.73 Å². The van der Waals surface area contributed by atoms with Crippen LogP contribution in [0.4, 0.5) is 0 Å². The zero-order chi connectivity index (χ0) is 28.3. The normalized spacial score (nSPS) is 19.2. The van der Waals surface area contributed by atoms with Crippen LogP contribution in [0, 0.1) is 0 Å². The molecule has 0 radical (unpaired) electrons. The van der Waals surface area contributed by atoms with Gasteiger partial charge in [0.1, 0.15) is 11.4 Å². The highest BCUT2D eigenvalue weighted by Crippen LogP contribution is 2.44. The van der Waals surface area contributed by atoms with Crippen LogP contribution in [0.1, 0.15) is 69.7 Å². The molecule has 10 nitrogen and oxygen atoms in total. The molecule has 2 aromatic rings. The zero-order valence-corrected chi connectivity index (χ0v) is 24.1. The summed E-state index contributed by atoms with van der Waals surface area (Å²) >= 11 is 0. The molecule has 1 unspecified atom stereocenters. The Kier molecular flexibility index (Phi) is 8.69. The van der Waals surface area contributed by atoms with Crippen LogP contribution in [0.2, 0.25) is 0 Å². The van der Waals surface area contributed by atoms with Gasteiger partial charge in [-0.05, 0) is 57.2 Å². The number of ether oxygens (including phenoxy) is 1. The van der Waals surface area contributed by atoms with Crippen LogP contribution >= 0.6 is 0 Å². The van der Waals surface area contributed by atoms with Crippen LogP contribution in [0.3, 0.4) is 0 Å². The van der Waals surface area contributed by atoms with Gasteiger partial charge in [0.2, 0.25) is 5.88 Å². The van der Waals surface area contributed by atoms with E-state index in [0.29, 0.717) is 46.0 Å². The number of carbonyl (C=O) groups is 1. The maximum absolute atomic E-state index is 13.8. The average molecular weight is 550 g/mol. The van der Waals surface area contributed by atoms with Crippen molar-refractivity contribution in [3.05, 3.63) is 59.3 Å². The second kappa shape index (κ2) is 12.0. The number of carbonyl (C=O) groups excluding carboxylic acids is 1. The highest BCUT2D eigenvalue weighted by molar-refractivity contribution is 7.84. The summed E-state index contributed by atoms with van der Waals surface area (Å²) < 4.78 is 17.2. The first kappa shape index (κ1) is 28.3. The summed E-state index contributed by atoms with van der Waals surface area (Å²) in [5.74, 6) is 1.16. The standard InChI is InChI=1S/C28H35N7O3S/c1-8-17(4)35-26(33-18(5)22-24(20-10-11-20)31-15-32-27(22)38-6)23(16(2)3)34-25(28(35)36)30-14-19-9-12-21(29-13-19)39(7)37/h9,12-13,15,17,20H,5,8,10-11,14H2,1-4,6-7H3,(H,30,34)/t17-,39?/m0/s1. The van der Waals surface area contributed by atoms with Gasteiger partial charge in [0, 0.05) is 24.4 Å². The van der Waals surface area contributed by atoms with E-state index in [1.807, 2.05) is 33.8 Å². The minimum Gasteiger partial charge on any atom is -0.480 e. The number of hydrogen-bond donors (Lipinski definition) is 1. The van der Waals surface area contributed by atoms with Crippen LogP contribution in [-0.2, 0) is 22.1 Å². The lowest BCUT2D eigenvalue weighted by Crippen LogP contribution is -2.57. The summed E-state index contributed by atoms with van der Waals surface area (Å²) in [5, 5.41) is 3.73. The van der Waals surface area contributed by atoms with Crippen LogP contribution in [0.5, 0.6) is 5.88 Å². The summed E-state index contributed by atoms with van der Waals surface area (Å²) in [7, 11) is 0.404. The number of nitrogens with zero attached hydrogens (tertiary/aromatic N) is 6. The Morgan fingerprint density at radius 1 is 1.28 bits per heavy atom. The average Bonchev–Trinajstić information content (AvgIpc) is 3.77. The molecule has 1 saturated heterocycles. The molecule has 39 heavy (non-hydrogen) atoms. The summed E-state index contributed by atoms with van der Waals surface area (Å²) in [4.78, 5) is 38.0. The number of pyridine rings is 1. The van der Waals surface area contributed by atoms with Gasteiger partial charge in [-0.3, -0.25) is 18.9 Å². The first-order chi connectivity index (χ1) is 18.7. The lowest BCUT2D eigenvalue weighted by atomic mass is 10.1. The molecule has 1 aliphatic carbocycles. The Hall–Kier alpha value is -3.73. The summed E-state index contributed by atoms with van der Waals surface area (Å²) in [6, 6.07) is 3.38. The second-order valence-corrected chi connectivity index (χ2v) is 11.2. The van der Waals surface area contributed by atoms with E-state index in [9.17, 15) is 9.00 Å². The van der Waals surface area contributed by atoms with Crippen LogP contribution in [0.15, 0.2) is 57.5 Å². The van der Waals surface area contributed by atoms with Gasteiger partial charge in [0.05, 0.1) is 47.1 Å². The van der Waals surface area contributed by atoms with E-state index in [-0.39, 0.29) is 24.3 Å². The number of amides is 1. The quantitative estimate of drug-likeness (QED) is 0.502. The fourth-order valence-electron chi connectivity index (χ4n) is 4.22. The molecule has 1 N–H and O–H groups in total. The number of amidine groups is 2. The van der Waals surface area contributed by atoms with E-state index in [0.717, 1.165) is 29.7 Å². The molecule has 1 amide bonds. The van der Waals surface area contributed by atoms with Gasteiger partial charge in [-0.1, -0.05) is 19.6 Å². The first-order valence-corrected chi connectivity index (χ1v) is 14.5. The molecule has 2 aromatic heterocycles. The maximum atomic E-state index is 13.8. The SMILES string of the molecule is C=C(N=C1C(=C(C)C)NC(=NCc2ccc(S(C)=O)nc2)C(=O)N1[C@@H](C)CC)c1c(OC)ncnc1C1CC1. The van der Waals surface area contributed by atoms with Crippen LogP contribution in [0.25, 0.3) is 5.70 Å². The van der Waals surface area contributed by atoms with Gasteiger partial charge in [0.15, 0.2) is 11.7 Å². The van der Waals surface area contributed by atoms with Crippen LogP contribution in [-0.4, -0.2) is 61.0 Å². The molecule has 1 saturated carbocycles. The fraction of sp³-hybridized carbons (Fsp3) is 0.429. The largest absolute Gasteiger partial charge is 0.480 e. The van der Waals surface area contributed by atoms with Crippen molar-refractivity contribution in [2.45, 2.75) is 70.5 Å². The summed E-state index contributed by atoms with van der Waals surface area (Å²) in [6.07, 6.45) is 7.52. The molecule has 4 rings (SSSR count). The smallest absolute Gasteiger partial charge is 0.295 e. The minimum absolute atomic E-state index is 0.150. The van der Waals surface area contributed by atoms with Crippen molar-refractivity contribution in [1.29, 1.82) is 0 Å². The highest BCUT2D eigenvalue weighted by atomic mass is 32.2. The van der Waals surface area contributed by atoms with Crippen molar-refractivity contribution in [1.82, 2.24) is 25.2 Å². The lowest BCUT2D eigenvalue weighted by Gasteiger charge is -2.36. The van der Waals surface area contributed by atoms with Gasteiger partial charge >= 0.3 is 0 Å². The number of nitrogens with one attached hydrogen (secondary N) is 1. The molecule has 2 fully saturated rings. The van der Waals surface area contributed by atoms with Crippen molar-refractivity contribution in [3.63, 3.8) is 0 Å². The van der Waals surface area contributed by atoms with Gasteiger partial charge in [-0.2, -0.15) is 0 Å². The fourth-order valence-corrected chi connectivity index (χ4v) is 4.68. The third-order valence-corrected chi connectivity index (χ3v) is 7.52. The Bertz CT molecular complexity index is 1390. The van der Waals surface area contributed by atoms with Gasteiger partial charge in [-0.15, -0.1) is 0 Å². The zero-order valence-electron chi connectivity index (χ0n) is 23.3. The number of rotatable bonds is 9. The molecule has 206 valence electrons. The first-order valence-electron chi connectivity index (χ1n) is 12.9. The summed E-state index contributed by atoms with van der Waals surface area (Å²) in [5.41, 5.74) is 4.40. The predicted octanol–water partition coefficient (Wildman–Crippen LogP) is 3.99. The number of methoxy groups -OCH3 is 1. The molecular weight excluding hydrogens is 514 g/mol. The Morgan fingerprint density at radius 2 is 2.03 bits per heavy atom. The molecule has 2 atom stereocenters. The number of aromatic nitrogens is 3. The van der Waals surface area contributed by atoms with E-state index in [2.05, 4.69) is 31.8 Å². The Morgan fingerprint density at radius 3 is 2.59 bits per heavy atom. The number of allylic oxidation sites excluding steroid dienone is 1. The van der Waals surface area contributed by atoms with E-state index >= 15 is 0 Å². The maximum Gasteiger partial charge on any atom is 0.295 e. The van der Waals surface area contributed by atoms with E-state index in [1.165, 1.54) is 6.33 Å². The molecule has 0 bridgehead atoms. The van der Waals surface area contributed by atoms with Gasteiger partial charge in [-0.25, -0.2) is 19.9 Å². The molecule has 11 heteroatoms. The third kappa shape index (κ3) is 6.13. The van der Waals surface area contributed by atoms with Crippen molar-refractivity contribution < 1.29 is 13.7 Å². The van der Waals surface area contributed by atoms with Crippen molar-refractivity contribution in [2.24, 2.45) is 9.98 Å². The molecule has 0 aromatic carbocycles. The minimum atomic E-state index is -1.16. The Balaban J connectivity index is 1.73. The van der Waals surface area contributed by atoms with E-state index < -0.39 is 10.8 Å². The summed E-state index contributed by atoms with van der Waals surface area (Å²) in [6.45, 7) is 12.4. The number of aliphatic imine (C=N–C) groups is 2. The monoisotopic (exact) mass is 549 g/mol. The van der Waals surface area contributed by atoms with E-state index in [1.54, 1.807) is 30.5 Å². The van der Waals surface area contributed by atoms with Gasteiger partial charge in [0.25, 0.3) is 5.91 Å². The number of hydrogen-bond acceptors (Lipinski definition) is 8. The van der Waals surface area contributed by atoms with Gasteiger partial charge < -0.3 is 10.1 Å². The number of piperazine rings is 1.